The summed E-state index contributed by atoms with van der Waals surface area (Å²) in [5.74, 6) is 0.528. The van der Waals surface area contributed by atoms with Crippen molar-refractivity contribution in [1.29, 1.82) is 0 Å². The molecule has 0 fully saturated rings. The van der Waals surface area contributed by atoms with Gasteiger partial charge in [-0.25, -0.2) is 4.98 Å². The van der Waals surface area contributed by atoms with Crippen LogP contribution in [0.15, 0.2) is 58.8 Å². The van der Waals surface area contributed by atoms with Crippen molar-refractivity contribution in [3.05, 3.63) is 70.0 Å². The highest BCUT2D eigenvalue weighted by Gasteiger charge is 2.05. The molecule has 3 rings (SSSR count). The number of nitrogens with zero attached hydrogens (tertiary/aromatic N) is 1. The van der Waals surface area contributed by atoms with Gasteiger partial charge in [-0.05, 0) is 37.5 Å². The fraction of sp³-hybridized carbons (Fsp3) is 0.238. The number of carbonyl (C=O) groups excluding carboxylic acids is 1. The van der Waals surface area contributed by atoms with Crippen molar-refractivity contribution in [2.45, 2.75) is 25.2 Å². The predicted octanol–water partition coefficient (Wildman–Crippen LogP) is 4.88. The van der Waals surface area contributed by atoms with E-state index in [-0.39, 0.29) is 5.91 Å². The molecule has 1 aromatic heterocycles. The Hall–Kier alpha value is -2.11. The predicted molar refractivity (Wildman–Crippen MR) is 111 cm³/mol. The molecule has 0 aliphatic heterocycles. The van der Waals surface area contributed by atoms with Gasteiger partial charge >= 0.3 is 0 Å². The molecule has 0 aliphatic rings. The molecule has 0 spiro atoms. The molecule has 0 aliphatic carbocycles. The normalized spacial score (nSPS) is 10.7. The lowest BCUT2D eigenvalue weighted by atomic mass is 10.1. The lowest BCUT2D eigenvalue weighted by Gasteiger charge is -2.07. The first kappa shape index (κ1) is 18.7. The van der Waals surface area contributed by atoms with E-state index in [1.165, 1.54) is 11.1 Å². The summed E-state index contributed by atoms with van der Waals surface area (Å²) in [7, 11) is 0. The monoisotopic (exact) mass is 382 g/mol. The minimum Gasteiger partial charge on any atom is -0.355 e. The lowest BCUT2D eigenvalue weighted by Crippen LogP contribution is -2.27. The van der Waals surface area contributed by atoms with Crippen molar-refractivity contribution >= 4 is 29.0 Å². The van der Waals surface area contributed by atoms with Gasteiger partial charge in [0.05, 0.1) is 16.5 Å². The van der Waals surface area contributed by atoms with E-state index < -0.39 is 0 Å². The second-order valence-electron chi connectivity index (χ2n) is 6.10. The number of amides is 1. The van der Waals surface area contributed by atoms with Gasteiger partial charge in [-0.3, -0.25) is 4.79 Å². The van der Waals surface area contributed by atoms with Crippen LogP contribution in [0.3, 0.4) is 0 Å². The third kappa shape index (κ3) is 5.19. The number of nitrogens with one attached hydrogen (secondary N) is 1. The van der Waals surface area contributed by atoms with Crippen LogP contribution in [0.4, 0.5) is 0 Å². The summed E-state index contributed by atoms with van der Waals surface area (Å²) in [6.45, 7) is 4.74. The molecule has 3 nitrogen and oxygen atoms in total. The average Bonchev–Trinajstić information content (AvgIpc) is 3.08. The van der Waals surface area contributed by atoms with Crippen molar-refractivity contribution in [2.75, 3.05) is 12.3 Å². The summed E-state index contributed by atoms with van der Waals surface area (Å²) in [6.07, 6.45) is 0.831. The molecule has 3 aromatic rings. The number of hydrogen-bond acceptors (Lipinski definition) is 4. The van der Waals surface area contributed by atoms with Crippen LogP contribution < -0.4 is 5.32 Å². The van der Waals surface area contributed by atoms with E-state index in [0.29, 0.717) is 12.3 Å². The zero-order valence-electron chi connectivity index (χ0n) is 15.0. The van der Waals surface area contributed by atoms with Crippen LogP contribution in [0.25, 0.3) is 11.3 Å². The number of benzene rings is 2. The molecule has 1 amide bonds. The number of carbonyl (C=O) groups is 1. The quantitative estimate of drug-likeness (QED) is 0.592. The van der Waals surface area contributed by atoms with Crippen LogP contribution in [0, 0.1) is 13.8 Å². The molecule has 26 heavy (non-hydrogen) atoms. The molecule has 0 bridgehead atoms. The van der Waals surface area contributed by atoms with Crippen LogP contribution in [-0.4, -0.2) is 23.2 Å². The number of aromatic nitrogens is 1. The van der Waals surface area contributed by atoms with Gasteiger partial charge in [0, 0.05) is 22.4 Å². The minimum atomic E-state index is 0.0767. The van der Waals surface area contributed by atoms with E-state index in [2.05, 4.69) is 59.0 Å². The van der Waals surface area contributed by atoms with E-state index in [1.54, 1.807) is 23.1 Å². The van der Waals surface area contributed by atoms with Gasteiger partial charge in [-0.2, -0.15) is 0 Å². The Morgan fingerprint density at radius 3 is 2.58 bits per heavy atom. The van der Waals surface area contributed by atoms with Gasteiger partial charge in [0.2, 0.25) is 5.91 Å². The van der Waals surface area contributed by atoms with E-state index >= 15 is 0 Å². The van der Waals surface area contributed by atoms with Crippen LogP contribution in [-0.2, 0) is 11.2 Å². The topological polar surface area (TPSA) is 42.0 Å². The molecular formula is C21H22N2OS2. The van der Waals surface area contributed by atoms with Crippen molar-refractivity contribution in [3.63, 3.8) is 0 Å². The molecule has 1 N–H and O–H groups in total. The van der Waals surface area contributed by atoms with E-state index in [0.717, 1.165) is 27.6 Å². The third-order valence-electron chi connectivity index (χ3n) is 4.06. The Bertz CT molecular complexity index is 872. The highest BCUT2D eigenvalue weighted by Crippen LogP contribution is 2.22. The summed E-state index contributed by atoms with van der Waals surface area (Å²) in [4.78, 5) is 17.7. The summed E-state index contributed by atoms with van der Waals surface area (Å²) in [5.41, 5.74) is 4.59. The Balaban J connectivity index is 1.43. The number of thiazole rings is 1. The van der Waals surface area contributed by atoms with Gasteiger partial charge < -0.3 is 5.32 Å². The number of thioether (sulfide) groups is 1. The van der Waals surface area contributed by atoms with Gasteiger partial charge in [0.1, 0.15) is 0 Å². The molecule has 2 aromatic carbocycles. The minimum absolute atomic E-state index is 0.0767. The van der Waals surface area contributed by atoms with Crippen molar-refractivity contribution in [3.8, 4) is 11.3 Å². The van der Waals surface area contributed by atoms with Gasteiger partial charge in [-0.15, -0.1) is 23.1 Å². The van der Waals surface area contributed by atoms with Crippen LogP contribution in [0.1, 0.15) is 16.1 Å². The standard InChI is InChI=1S/C21H22N2OS2/c1-15-5-3-4-6-20(15)26-14-21(24)22-12-11-17-7-9-18(10-8-17)19-13-25-16(2)23-19/h3-10,13H,11-12,14H2,1-2H3,(H,22,24). The van der Waals surface area contributed by atoms with Crippen LogP contribution >= 0.6 is 23.1 Å². The zero-order chi connectivity index (χ0) is 18.4. The van der Waals surface area contributed by atoms with E-state index in [1.807, 2.05) is 19.1 Å². The molecule has 1 heterocycles. The SMILES string of the molecule is Cc1nc(-c2ccc(CCNC(=O)CSc3ccccc3C)cc2)cs1. The Morgan fingerprint density at radius 1 is 1.12 bits per heavy atom. The molecule has 0 atom stereocenters. The summed E-state index contributed by atoms with van der Waals surface area (Å²) in [5, 5.41) is 6.16. The van der Waals surface area contributed by atoms with E-state index in [9.17, 15) is 4.79 Å². The highest BCUT2D eigenvalue weighted by molar-refractivity contribution is 8.00. The third-order valence-corrected chi connectivity index (χ3v) is 6.01. The zero-order valence-corrected chi connectivity index (χ0v) is 16.6. The maximum atomic E-state index is 12.0. The maximum Gasteiger partial charge on any atom is 0.230 e. The first-order chi connectivity index (χ1) is 12.6. The molecule has 0 saturated heterocycles. The highest BCUT2D eigenvalue weighted by atomic mass is 32.2. The summed E-state index contributed by atoms with van der Waals surface area (Å²) in [6, 6.07) is 16.6. The second kappa shape index (κ2) is 9.01. The summed E-state index contributed by atoms with van der Waals surface area (Å²) < 4.78 is 0. The smallest absolute Gasteiger partial charge is 0.230 e. The Kier molecular flexibility index (Phi) is 6.47. The van der Waals surface area contributed by atoms with Gasteiger partial charge in [-0.1, -0.05) is 42.5 Å². The molecule has 5 heteroatoms. The number of rotatable bonds is 7. The maximum absolute atomic E-state index is 12.0. The molecule has 0 unspecified atom stereocenters. The first-order valence-corrected chi connectivity index (χ1v) is 10.4. The van der Waals surface area contributed by atoms with Crippen molar-refractivity contribution < 1.29 is 4.79 Å². The largest absolute Gasteiger partial charge is 0.355 e. The fourth-order valence-electron chi connectivity index (χ4n) is 2.60. The fourth-order valence-corrected chi connectivity index (χ4v) is 4.08. The lowest BCUT2D eigenvalue weighted by molar-refractivity contribution is -0.118. The second-order valence-corrected chi connectivity index (χ2v) is 8.18. The van der Waals surface area contributed by atoms with Crippen molar-refractivity contribution in [2.24, 2.45) is 0 Å². The Morgan fingerprint density at radius 2 is 1.88 bits per heavy atom. The average molecular weight is 383 g/mol. The van der Waals surface area contributed by atoms with E-state index in [4.69, 9.17) is 0 Å². The number of aryl methyl sites for hydroxylation is 2. The van der Waals surface area contributed by atoms with Crippen molar-refractivity contribution in [1.82, 2.24) is 10.3 Å². The van der Waals surface area contributed by atoms with Crippen LogP contribution in [0.5, 0.6) is 0 Å². The molecule has 134 valence electrons. The summed E-state index contributed by atoms with van der Waals surface area (Å²) >= 11 is 3.25. The molecule has 0 radical (unpaired) electrons. The van der Waals surface area contributed by atoms with Gasteiger partial charge in [0.15, 0.2) is 0 Å². The van der Waals surface area contributed by atoms with Gasteiger partial charge in [0.25, 0.3) is 0 Å². The first-order valence-electron chi connectivity index (χ1n) is 8.58. The molecular weight excluding hydrogens is 360 g/mol. The Labute approximate surface area is 162 Å². The molecule has 0 saturated carbocycles. The number of hydrogen-bond donors (Lipinski definition) is 1. The van der Waals surface area contributed by atoms with Crippen LogP contribution in [0.2, 0.25) is 0 Å².